The van der Waals surface area contributed by atoms with E-state index in [1.807, 2.05) is 17.8 Å². The molecule has 2 heterocycles. The van der Waals surface area contributed by atoms with Gasteiger partial charge in [0.05, 0.1) is 6.26 Å². The van der Waals surface area contributed by atoms with Gasteiger partial charge in [-0.2, -0.15) is 5.10 Å². The largest absolute Gasteiger partial charge is 0.469 e. The van der Waals surface area contributed by atoms with Crippen LogP contribution in [0, 0.1) is 0 Å². The molecule has 0 fully saturated rings. The van der Waals surface area contributed by atoms with E-state index in [0.29, 0.717) is 0 Å². The van der Waals surface area contributed by atoms with Crippen LogP contribution in [0.15, 0.2) is 23.1 Å². The molecule has 0 saturated heterocycles. The molecular formula is C14H22N4O. The lowest BCUT2D eigenvalue weighted by molar-refractivity contribution is 0.483. The highest BCUT2D eigenvalue weighted by Gasteiger charge is 2.18. The van der Waals surface area contributed by atoms with E-state index in [0.717, 1.165) is 37.4 Å². The van der Waals surface area contributed by atoms with Crippen molar-refractivity contribution in [2.24, 2.45) is 0 Å². The average Bonchev–Trinajstić information content (AvgIpc) is 3.05. The summed E-state index contributed by atoms with van der Waals surface area (Å²) in [6, 6.07) is 2.26. The number of aryl methyl sites for hydroxylation is 2. The van der Waals surface area contributed by atoms with E-state index in [-0.39, 0.29) is 6.04 Å². The number of likely N-dealkylation sites (N-methyl/N-ethyl adjacent to an activating group) is 1. The van der Waals surface area contributed by atoms with Crippen LogP contribution in [0.2, 0.25) is 0 Å². The number of aromatic nitrogens is 3. The van der Waals surface area contributed by atoms with Crippen LogP contribution in [0.3, 0.4) is 0 Å². The highest BCUT2D eigenvalue weighted by Crippen LogP contribution is 2.22. The van der Waals surface area contributed by atoms with Crippen molar-refractivity contribution in [2.45, 2.75) is 45.7 Å². The summed E-state index contributed by atoms with van der Waals surface area (Å²) >= 11 is 0. The first kappa shape index (κ1) is 13.8. The van der Waals surface area contributed by atoms with Crippen LogP contribution in [0.25, 0.3) is 0 Å². The van der Waals surface area contributed by atoms with Crippen LogP contribution in [0.1, 0.15) is 43.5 Å². The SMILES string of the molecule is CCCn1ncnc1CC(NC)c1ccoc1CC. The fourth-order valence-corrected chi connectivity index (χ4v) is 2.34. The minimum Gasteiger partial charge on any atom is -0.469 e. The summed E-state index contributed by atoms with van der Waals surface area (Å²) in [5, 5.41) is 7.62. The average molecular weight is 262 g/mol. The quantitative estimate of drug-likeness (QED) is 0.832. The second-order valence-electron chi connectivity index (χ2n) is 4.60. The van der Waals surface area contributed by atoms with Crippen molar-refractivity contribution < 1.29 is 4.42 Å². The fraction of sp³-hybridized carbons (Fsp3) is 0.571. The predicted octanol–water partition coefficient (Wildman–Crippen LogP) is 2.35. The van der Waals surface area contributed by atoms with E-state index < -0.39 is 0 Å². The molecule has 5 nitrogen and oxygen atoms in total. The topological polar surface area (TPSA) is 55.9 Å². The Kier molecular flexibility index (Phi) is 4.74. The number of nitrogens with zero attached hydrogens (tertiary/aromatic N) is 3. The van der Waals surface area contributed by atoms with E-state index in [2.05, 4.69) is 29.2 Å². The van der Waals surface area contributed by atoms with Gasteiger partial charge in [-0.25, -0.2) is 4.98 Å². The standard InChI is InChI=1S/C14H22N4O/c1-4-7-18-14(16-10-17-18)9-12(15-3)11-6-8-19-13(11)5-2/h6,8,10,12,15H,4-5,7,9H2,1-3H3. The normalized spacial score (nSPS) is 12.8. The van der Waals surface area contributed by atoms with Gasteiger partial charge in [-0.3, -0.25) is 4.68 Å². The second kappa shape index (κ2) is 6.52. The number of nitrogens with one attached hydrogen (secondary N) is 1. The smallest absolute Gasteiger partial charge is 0.138 e. The molecule has 0 aliphatic rings. The first-order valence-corrected chi connectivity index (χ1v) is 6.90. The maximum Gasteiger partial charge on any atom is 0.138 e. The van der Waals surface area contributed by atoms with Gasteiger partial charge in [-0.1, -0.05) is 13.8 Å². The summed E-state index contributed by atoms with van der Waals surface area (Å²) in [6.07, 6.45) is 6.18. The third-order valence-corrected chi connectivity index (χ3v) is 3.34. The molecule has 0 radical (unpaired) electrons. The monoisotopic (exact) mass is 262 g/mol. The van der Waals surface area contributed by atoms with Gasteiger partial charge in [0.15, 0.2) is 0 Å². The molecule has 1 N–H and O–H groups in total. The molecule has 2 aromatic rings. The van der Waals surface area contributed by atoms with E-state index in [1.165, 1.54) is 5.56 Å². The first-order chi connectivity index (χ1) is 9.30. The lowest BCUT2D eigenvalue weighted by Gasteiger charge is -2.16. The molecular weight excluding hydrogens is 240 g/mol. The van der Waals surface area contributed by atoms with Gasteiger partial charge in [-0.05, 0) is 19.5 Å². The molecule has 19 heavy (non-hydrogen) atoms. The van der Waals surface area contributed by atoms with Crippen molar-refractivity contribution in [3.8, 4) is 0 Å². The second-order valence-corrected chi connectivity index (χ2v) is 4.60. The third kappa shape index (κ3) is 3.04. The highest BCUT2D eigenvalue weighted by atomic mass is 16.3. The summed E-state index contributed by atoms with van der Waals surface area (Å²) in [5.74, 6) is 2.06. The molecule has 104 valence electrons. The molecule has 0 aromatic carbocycles. The molecule has 2 rings (SSSR count). The van der Waals surface area contributed by atoms with Crippen LogP contribution in [0.5, 0.6) is 0 Å². The minimum absolute atomic E-state index is 0.216. The summed E-state index contributed by atoms with van der Waals surface area (Å²) in [5.41, 5.74) is 1.22. The molecule has 0 spiro atoms. The van der Waals surface area contributed by atoms with Crippen LogP contribution in [-0.2, 0) is 19.4 Å². The molecule has 2 aromatic heterocycles. The Morgan fingerprint density at radius 3 is 2.95 bits per heavy atom. The Balaban J connectivity index is 2.17. The van der Waals surface area contributed by atoms with Gasteiger partial charge in [0.2, 0.25) is 0 Å². The first-order valence-electron chi connectivity index (χ1n) is 6.90. The molecule has 0 saturated carbocycles. The number of hydrogen-bond donors (Lipinski definition) is 1. The van der Waals surface area contributed by atoms with Gasteiger partial charge in [-0.15, -0.1) is 0 Å². The molecule has 1 unspecified atom stereocenters. The van der Waals surface area contributed by atoms with Crippen molar-refractivity contribution in [1.82, 2.24) is 20.1 Å². The van der Waals surface area contributed by atoms with Crippen molar-refractivity contribution in [3.63, 3.8) is 0 Å². The molecule has 0 aliphatic heterocycles. The summed E-state index contributed by atoms with van der Waals surface area (Å²) in [4.78, 5) is 4.37. The Morgan fingerprint density at radius 2 is 2.26 bits per heavy atom. The van der Waals surface area contributed by atoms with E-state index in [1.54, 1.807) is 12.6 Å². The maximum atomic E-state index is 5.51. The Morgan fingerprint density at radius 1 is 1.42 bits per heavy atom. The Bertz CT molecular complexity index is 503. The predicted molar refractivity (Wildman–Crippen MR) is 73.9 cm³/mol. The highest BCUT2D eigenvalue weighted by molar-refractivity contribution is 5.22. The lowest BCUT2D eigenvalue weighted by Crippen LogP contribution is -2.21. The van der Waals surface area contributed by atoms with Crippen LogP contribution >= 0.6 is 0 Å². The van der Waals surface area contributed by atoms with Gasteiger partial charge >= 0.3 is 0 Å². The van der Waals surface area contributed by atoms with E-state index in [4.69, 9.17) is 4.42 Å². The third-order valence-electron chi connectivity index (χ3n) is 3.34. The van der Waals surface area contributed by atoms with Gasteiger partial charge in [0.1, 0.15) is 17.9 Å². The minimum atomic E-state index is 0.216. The van der Waals surface area contributed by atoms with Gasteiger partial charge in [0, 0.05) is 31.0 Å². The number of hydrogen-bond acceptors (Lipinski definition) is 4. The Hall–Kier alpha value is -1.62. The zero-order valence-electron chi connectivity index (χ0n) is 11.9. The van der Waals surface area contributed by atoms with Crippen molar-refractivity contribution in [3.05, 3.63) is 35.8 Å². The van der Waals surface area contributed by atoms with E-state index >= 15 is 0 Å². The zero-order valence-corrected chi connectivity index (χ0v) is 11.9. The summed E-state index contributed by atoms with van der Waals surface area (Å²) in [6.45, 7) is 5.17. The molecule has 0 amide bonds. The molecule has 5 heteroatoms. The van der Waals surface area contributed by atoms with Crippen molar-refractivity contribution >= 4 is 0 Å². The van der Waals surface area contributed by atoms with Crippen molar-refractivity contribution in [1.29, 1.82) is 0 Å². The van der Waals surface area contributed by atoms with Crippen molar-refractivity contribution in [2.75, 3.05) is 7.05 Å². The van der Waals surface area contributed by atoms with Gasteiger partial charge < -0.3 is 9.73 Å². The van der Waals surface area contributed by atoms with Crippen LogP contribution in [-0.4, -0.2) is 21.8 Å². The lowest BCUT2D eigenvalue weighted by atomic mass is 10.0. The van der Waals surface area contributed by atoms with Crippen LogP contribution in [0.4, 0.5) is 0 Å². The van der Waals surface area contributed by atoms with Crippen LogP contribution < -0.4 is 5.32 Å². The van der Waals surface area contributed by atoms with E-state index in [9.17, 15) is 0 Å². The fourth-order valence-electron chi connectivity index (χ4n) is 2.34. The zero-order chi connectivity index (χ0) is 13.7. The number of rotatable bonds is 7. The summed E-state index contributed by atoms with van der Waals surface area (Å²) in [7, 11) is 1.97. The Labute approximate surface area is 114 Å². The number of furan rings is 1. The summed E-state index contributed by atoms with van der Waals surface area (Å²) < 4.78 is 7.49. The maximum absolute atomic E-state index is 5.51. The van der Waals surface area contributed by atoms with Gasteiger partial charge in [0.25, 0.3) is 0 Å². The molecule has 1 atom stereocenters. The molecule has 0 bridgehead atoms. The molecule has 0 aliphatic carbocycles.